The van der Waals surface area contributed by atoms with Crippen LogP contribution in [0, 0.1) is 17.6 Å². The summed E-state index contributed by atoms with van der Waals surface area (Å²) in [6.07, 6.45) is 4.85. The second-order valence-electron chi connectivity index (χ2n) is 4.79. The number of hydrazine groups is 1. The van der Waals surface area contributed by atoms with E-state index in [0.717, 1.165) is 0 Å². The van der Waals surface area contributed by atoms with Crippen molar-refractivity contribution in [3.63, 3.8) is 0 Å². The molecule has 0 aliphatic heterocycles. The molecule has 2 aromatic rings. The third-order valence-corrected chi connectivity index (χ3v) is 3.37. The lowest BCUT2D eigenvalue weighted by molar-refractivity contribution is -0.121. The van der Waals surface area contributed by atoms with E-state index in [1.54, 1.807) is 0 Å². The molecule has 1 amide bonds. The topological polar surface area (TPSA) is 66.9 Å². The first-order chi connectivity index (χ1) is 10.2. The van der Waals surface area contributed by atoms with Gasteiger partial charge in [0, 0.05) is 29.8 Å². The lowest BCUT2D eigenvalue weighted by Gasteiger charge is -2.07. The van der Waals surface area contributed by atoms with Gasteiger partial charge < -0.3 is 0 Å². The Hall–Kier alpha value is -2.57. The molecule has 0 bridgehead atoms. The molecule has 2 atom stereocenters. The number of aromatic nitrogens is 2. The number of hydrogen-bond donors (Lipinski definition) is 2. The summed E-state index contributed by atoms with van der Waals surface area (Å²) in [7, 11) is 0. The fourth-order valence-electron chi connectivity index (χ4n) is 2.25. The smallest absolute Gasteiger partial charge is 0.242 e. The number of carbonyl (C=O) groups is 1. The molecule has 7 heteroatoms. The Morgan fingerprint density at radius 3 is 2.67 bits per heavy atom. The van der Waals surface area contributed by atoms with E-state index in [4.69, 9.17) is 0 Å². The van der Waals surface area contributed by atoms with Crippen molar-refractivity contribution in [2.24, 2.45) is 5.92 Å². The highest BCUT2D eigenvalue weighted by Crippen LogP contribution is 2.49. The van der Waals surface area contributed by atoms with Gasteiger partial charge in [0.25, 0.3) is 0 Å². The summed E-state index contributed by atoms with van der Waals surface area (Å²) in [6, 6.07) is 3.70. The first kappa shape index (κ1) is 13.4. The van der Waals surface area contributed by atoms with Gasteiger partial charge in [0.1, 0.15) is 11.6 Å². The molecule has 1 aromatic heterocycles. The van der Waals surface area contributed by atoms with Crippen LogP contribution in [0.5, 0.6) is 0 Å². The maximum atomic E-state index is 13.6. The van der Waals surface area contributed by atoms with E-state index in [0.29, 0.717) is 12.2 Å². The summed E-state index contributed by atoms with van der Waals surface area (Å²) < 4.78 is 27.2. The van der Waals surface area contributed by atoms with E-state index in [1.807, 2.05) is 0 Å². The van der Waals surface area contributed by atoms with Crippen LogP contribution in [0.1, 0.15) is 17.9 Å². The fraction of sp³-hybridized carbons (Fsp3) is 0.214. The molecule has 0 spiro atoms. The highest BCUT2D eigenvalue weighted by molar-refractivity contribution is 5.83. The van der Waals surface area contributed by atoms with Crippen molar-refractivity contribution >= 4 is 11.7 Å². The molecule has 3 rings (SSSR count). The number of halogens is 2. The molecule has 1 aliphatic rings. The molecule has 0 unspecified atom stereocenters. The highest BCUT2D eigenvalue weighted by Gasteiger charge is 2.46. The summed E-state index contributed by atoms with van der Waals surface area (Å²) >= 11 is 0. The van der Waals surface area contributed by atoms with Crippen LogP contribution in [0.2, 0.25) is 0 Å². The van der Waals surface area contributed by atoms with Crippen LogP contribution in [-0.2, 0) is 4.79 Å². The normalized spacial score (nSPS) is 19.9. The number of rotatable bonds is 4. The van der Waals surface area contributed by atoms with Crippen LogP contribution < -0.4 is 10.9 Å². The Morgan fingerprint density at radius 1 is 1.24 bits per heavy atom. The van der Waals surface area contributed by atoms with Gasteiger partial charge in [-0.3, -0.25) is 20.6 Å². The molecule has 0 radical (unpaired) electrons. The van der Waals surface area contributed by atoms with Gasteiger partial charge in [-0.2, -0.15) is 0 Å². The average molecular weight is 290 g/mol. The van der Waals surface area contributed by atoms with Crippen LogP contribution in [0.15, 0.2) is 36.8 Å². The second kappa shape index (κ2) is 5.43. The SMILES string of the molecule is O=C(NNc1cnccn1)[C@H]1C[C@@H]1c1c(F)cccc1F. The maximum absolute atomic E-state index is 13.6. The van der Waals surface area contributed by atoms with E-state index in [9.17, 15) is 13.6 Å². The Kier molecular flexibility index (Phi) is 3.47. The molecule has 0 saturated heterocycles. The molecule has 108 valence electrons. The number of carbonyl (C=O) groups excluding carboxylic acids is 1. The zero-order valence-electron chi connectivity index (χ0n) is 10.9. The predicted octanol–water partition coefficient (Wildman–Crippen LogP) is 2.00. The Morgan fingerprint density at radius 2 is 2.00 bits per heavy atom. The van der Waals surface area contributed by atoms with Gasteiger partial charge in [0.2, 0.25) is 5.91 Å². The van der Waals surface area contributed by atoms with Crippen LogP contribution in [0.4, 0.5) is 14.6 Å². The third-order valence-electron chi connectivity index (χ3n) is 3.37. The lowest BCUT2D eigenvalue weighted by Crippen LogP contribution is -2.31. The third kappa shape index (κ3) is 2.81. The van der Waals surface area contributed by atoms with Crippen molar-refractivity contribution < 1.29 is 13.6 Å². The van der Waals surface area contributed by atoms with Crippen molar-refractivity contribution in [2.75, 3.05) is 5.43 Å². The minimum atomic E-state index is -0.614. The monoisotopic (exact) mass is 290 g/mol. The summed E-state index contributed by atoms with van der Waals surface area (Å²) in [5.74, 6) is -2.03. The maximum Gasteiger partial charge on any atom is 0.242 e. The number of hydrogen-bond acceptors (Lipinski definition) is 4. The standard InChI is InChI=1S/C14H12F2N4O/c15-10-2-1-3-11(16)13(10)8-6-9(8)14(21)20-19-12-7-17-4-5-18-12/h1-5,7-9H,6H2,(H,18,19)(H,20,21)/t8-,9-/m0/s1. The number of nitrogens with zero attached hydrogens (tertiary/aromatic N) is 2. The molecule has 1 saturated carbocycles. The Bertz CT molecular complexity index is 645. The molecule has 1 aliphatic carbocycles. The van der Waals surface area contributed by atoms with Crippen LogP contribution in [-0.4, -0.2) is 15.9 Å². The summed E-state index contributed by atoms with van der Waals surface area (Å²) in [5, 5.41) is 0. The van der Waals surface area contributed by atoms with Gasteiger partial charge in [-0.1, -0.05) is 6.07 Å². The molecular weight excluding hydrogens is 278 g/mol. The van der Waals surface area contributed by atoms with E-state index >= 15 is 0 Å². The molecule has 21 heavy (non-hydrogen) atoms. The summed E-state index contributed by atoms with van der Waals surface area (Å²) in [4.78, 5) is 19.7. The predicted molar refractivity (Wildman–Crippen MR) is 71.0 cm³/mol. The van der Waals surface area contributed by atoms with Gasteiger partial charge >= 0.3 is 0 Å². The van der Waals surface area contributed by atoms with Crippen molar-refractivity contribution in [3.8, 4) is 0 Å². The second-order valence-corrected chi connectivity index (χ2v) is 4.79. The Balaban J connectivity index is 1.61. The molecule has 1 fully saturated rings. The van der Waals surface area contributed by atoms with Crippen LogP contribution >= 0.6 is 0 Å². The number of amides is 1. The minimum absolute atomic E-state index is 0.0165. The van der Waals surface area contributed by atoms with Gasteiger partial charge in [0.05, 0.1) is 6.20 Å². The van der Waals surface area contributed by atoms with Gasteiger partial charge in [-0.25, -0.2) is 13.8 Å². The van der Waals surface area contributed by atoms with E-state index in [2.05, 4.69) is 20.8 Å². The molecule has 1 heterocycles. The van der Waals surface area contributed by atoms with E-state index in [-0.39, 0.29) is 11.5 Å². The quantitative estimate of drug-likeness (QED) is 0.845. The largest absolute Gasteiger partial charge is 0.281 e. The highest BCUT2D eigenvalue weighted by atomic mass is 19.1. The first-order valence-electron chi connectivity index (χ1n) is 6.42. The first-order valence-corrected chi connectivity index (χ1v) is 6.42. The molecule has 2 N–H and O–H groups in total. The van der Waals surface area contributed by atoms with Crippen molar-refractivity contribution in [3.05, 3.63) is 54.0 Å². The van der Waals surface area contributed by atoms with Crippen molar-refractivity contribution in [1.82, 2.24) is 15.4 Å². The van der Waals surface area contributed by atoms with Crippen molar-refractivity contribution in [1.29, 1.82) is 0 Å². The lowest BCUT2D eigenvalue weighted by atomic mass is 10.1. The number of nitrogens with one attached hydrogen (secondary N) is 2. The molecular formula is C14H12F2N4O. The van der Waals surface area contributed by atoms with E-state index in [1.165, 1.54) is 36.8 Å². The zero-order chi connectivity index (χ0) is 14.8. The summed E-state index contributed by atoms with van der Waals surface area (Å²) in [6.45, 7) is 0. The molecule has 5 nitrogen and oxygen atoms in total. The average Bonchev–Trinajstić information content (AvgIpc) is 3.26. The summed E-state index contributed by atoms with van der Waals surface area (Å²) in [5.41, 5.74) is 5.05. The van der Waals surface area contributed by atoms with Crippen molar-refractivity contribution in [2.45, 2.75) is 12.3 Å². The van der Waals surface area contributed by atoms with Gasteiger partial charge in [-0.05, 0) is 18.6 Å². The number of anilines is 1. The van der Waals surface area contributed by atoms with E-state index < -0.39 is 23.5 Å². The van der Waals surface area contributed by atoms with Crippen LogP contribution in [0.25, 0.3) is 0 Å². The number of benzene rings is 1. The zero-order valence-corrected chi connectivity index (χ0v) is 10.9. The van der Waals surface area contributed by atoms with Gasteiger partial charge in [-0.15, -0.1) is 0 Å². The van der Waals surface area contributed by atoms with Gasteiger partial charge in [0.15, 0.2) is 5.82 Å². The minimum Gasteiger partial charge on any atom is -0.281 e. The van der Waals surface area contributed by atoms with Crippen LogP contribution in [0.3, 0.4) is 0 Å². The fourth-order valence-corrected chi connectivity index (χ4v) is 2.25. The Labute approximate surface area is 119 Å². The molecule has 1 aromatic carbocycles.